The molecule has 2 rings (SSSR count). The van der Waals surface area contributed by atoms with Crippen LogP contribution in [0.15, 0.2) is 18.2 Å². The molecule has 0 atom stereocenters. The van der Waals surface area contributed by atoms with Gasteiger partial charge in [-0.2, -0.15) is 19.4 Å². The van der Waals surface area contributed by atoms with Crippen LogP contribution in [-0.4, -0.2) is 14.8 Å². The third kappa shape index (κ3) is 2.15. The Kier molecular flexibility index (Phi) is 3.21. The standard InChI is InChI=1S/C10H4ClF3N4/c11-7-2-1-6(9(13)14)10(16-7)18-8(12)3-5(4-15)17-18/h1-3,9H. The van der Waals surface area contributed by atoms with E-state index in [0.717, 1.165) is 12.1 Å². The van der Waals surface area contributed by atoms with Crippen molar-refractivity contribution in [2.75, 3.05) is 0 Å². The van der Waals surface area contributed by atoms with Crippen LogP contribution in [0.5, 0.6) is 0 Å². The summed E-state index contributed by atoms with van der Waals surface area (Å²) in [5.41, 5.74) is -0.764. The summed E-state index contributed by atoms with van der Waals surface area (Å²) in [6.07, 6.45) is -2.86. The Hall–Kier alpha value is -2.07. The lowest BCUT2D eigenvalue weighted by molar-refractivity contribution is 0.150. The van der Waals surface area contributed by atoms with Gasteiger partial charge in [-0.15, -0.1) is 0 Å². The summed E-state index contributed by atoms with van der Waals surface area (Å²) in [4.78, 5) is 3.61. The van der Waals surface area contributed by atoms with E-state index in [2.05, 4.69) is 10.1 Å². The first-order valence-electron chi connectivity index (χ1n) is 4.63. The summed E-state index contributed by atoms with van der Waals surface area (Å²) in [5.74, 6) is -1.40. The summed E-state index contributed by atoms with van der Waals surface area (Å²) < 4.78 is 39.5. The molecule has 0 aliphatic carbocycles. The van der Waals surface area contributed by atoms with Crippen molar-refractivity contribution in [1.29, 1.82) is 5.26 Å². The molecule has 0 N–H and O–H groups in total. The number of aromatic nitrogens is 3. The van der Waals surface area contributed by atoms with Gasteiger partial charge in [0.1, 0.15) is 11.2 Å². The maximum atomic E-state index is 13.5. The molecule has 92 valence electrons. The Morgan fingerprint density at radius 2 is 2.11 bits per heavy atom. The van der Waals surface area contributed by atoms with Gasteiger partial charge in [-0.1, -0.05) is 11.6 Å². The third-order valence-corrected chi connectivity index (χ3v) is 2.30. The summed E-state index contributed by atoms with van der Waals surface area (Å²) in [5, 5.41) is 12.0. The van der Waals surface area contributed by atoms with Crippen molar-refractivity contribution in [3.63, 3.8) is 0 Å². The molecule has 0 saturated carbocycles. The monoisotopic (exact) mass is 272 g/mol. The minimum Gasteiger partial charge on any atom is -0.216 e. The fourth-order valence-electron chi connectivity index (χ4n) is 1.34. The molecule has 0 aliphatic rings. The van der Waals surface area contributed by atoms with Crippen LogP contribution in [0.1, 0.15) is 17.7 Å². The first kappa shape index (κ1) is 12.4. The van der Waals surface area contributed by atoms with Crippen molar-refractivity contribution in [3.8, 4) is 11.9 Å². The Balaban J connectivity index is 2.65. The molecular weight excluding hydrogens is 269 g/mol. The molecule has 0 bridgehead atoms. The highest BCUT2D eigenvalue weighted by Crippen LogP contribution is 2.26. The van der Waals surface area contributed by atoms with Crippen LogP contribution in [0.2, 0.25) is 5.15 Å². The summed E-state index contributed by atoms with van der Waals surface area (Å²) in [7, 11) is 0. The molecular formula is C10H4ClF3N4. The minimum absolute atomic E-state index is 0.0807. The van der Waals surface area contributed by atoms with Crippen LogP contribution in [0.4, 0.5) is 13.2 Å². The molecule has 4 nitrogen and oxygen atoms in total. The lowest BCUT2D eigenvalue weighted by atomic mass is 10.2. The predicted octanol–water partition coefficient (Wildman–Crippen LogP) is 2.87. The van der Waals surface area contributed by atoms with Crippen molar-refractivity contribution < 1.29 is 13.2 Å². The average molecular weight is 273 g/mol. The molecule has 0 saturated heterocycles. The predicted molar refractivity (Wildman–Crippen MR) is 56.0 cm³/mol. The van der Waals surface area contributed by atoms with Crippen molar-refractivity contribution in [2.45, 2.75) is 6.43 Å². The first-order chi connectivity index (χ1) is 8.52. The molecule has 18 heavy (non-hydrogen) atoms. The van der Waals surface area contributed by atoms with Gasteiger partial charge in [0.2, 0.25) is 5.95 Å². The second-order valence-corrected chi connectivity index (χ2v) is 3.61. The number of pyridine rings is 1. The molecule has 2 aromatic heterocycles. The number of hydrogen-bond donors (Lipinski definition) is 0. The van der Waals surface area contributed by atoms with Crippen molar-refractivity contribution in [3.05, 3.63) is 40.6 Å². The van der Waals surface area contributed by atoms with Gasteiger partial charge >= 0.3 is 0 Å². The molecule has 0 spiro atoms. The van der Waals surface area contributed by atoms with Crippen LogP contribution in [0.3, 0.4) is 0 Å². The summed E-state index contributed by atoms with van der Waals surface area (Å²) in [6.45, 7) is 0. The van der Waals surface area contributed by atoms with E-state index in [4.69, 9.17) is 16.9 Å². The lowest BCUT2D eigenvalue weighted by Crippen LogP contribution is -2.07. The SMILES string of the molecule is N#Cc1cc(F)n(-c2nc(Cl)ccc2C(F)F)n1. The van der Waals surface area contributed by atoms with Crippen molar-refractivity contribution in [2.24, 2.45) is 0 Å². The molecule has 2 aromatic rings. The van der Waals surface area contributed by atoms with Crippen LogP contribution >= 0.6 is 11.6 Å². The topological polar surface area (TPSA) is 54.5 Å². The van der Waals surface area contributed by atoms with Gasteiger partial charge in [0.05, 0.1) is 5.56 Å². The largest absolute Gasteiger partial charge is 0.267 e. The zero-order valence-corrected chi connectivity index (χ0v) is 9.37. The van der Waals surface area contributed by atoms with Gasteiger partial charge in [0, 0.05) is 6.07 Å². The number of nitriles is 1. The molecule has 8 heteroatoms. The van der Waals surface area contributed by atoms with Crippen LogP contribution in [-0.2, 0) is 0 Å². The highest BCUT2D eigenvalue weighted by Gasteiger charge is 2.20. The van der Waals surface area contributed by atoms with E-state index in [0.29, 0.717) is 4.68 Å². The Bertz CT molecular complexity index is 633. The van der Waals surface area contributed by atoms with E-state index in [-0.39, 0.29) is 10.8 Å². The molecule has 2 heterocycles. The second-order valence-electron chi connectivity index (χ2n) is 3.22. The third-order valence-electron chi connectivity index (χ3n) is 2.09. The number of alkyl halides is 2. The van der Waals surface area contributed by atoms with Gasteiger partial charge in [-0.25, -0.2) is 13.8 Å². The number of halogens is 4. The maximum Gasteiger partial charge on any atom is 0.267 e. The summed E-state index contributed by atoms with van der Waals surface area (Å²) in [6, 6.07) is 4.61. The number of nitrogens with zero attached hydrogens (tertiary/aromatic N) is 4. The molecule has 0 amide bonds. The second kappa shape index (κ2) is 4.66. The smallest absolute Gasteiger partial charge is 0.216 e. The average Bonchev–Trinajstić information content (AvgIpc) is 2.70. The first-order valence-corrected chi connectivity index (χ1v) is 5.01. The number of hydrogen-bond acceptors (Lipinski definition) is 3. The van der Waals surface area contributed by atoms with E-state index in [9.17, 15) is 13.2 Å². The zero-order chi connectivity index (χ0) is 13.3. The molecule has 0 fully saturated rings. The fraction of sp³-hybridized carbons (Fsp3) is 0.100. The Labute approximate surface area is 104 Å². The van der Waals surface area contributed by atoms with Crippen LogP contribution in [0, 0.1) is 17.3 Å². The Morgan fingerprint density at radius 3 is 2.67 bits per heavy atom. The van der Waals surface area contributed by atoms with Gasteiger partial charge in [0.15, 0.2) is 11.5 Å². The van der Waals surface area contributed by atoms with E-state index in [1.807, 2.05) is 0 Å². The van der Waals surface area contributed by atoms with Crippen molar-refractivity contribution in [1.82, 2.24) is 14.8 Å². The van der Waals surface area contributed by atoms with Crippen LogP contribution < -0.4 is 0 Å². The van der Waals surface area contributed by atoms with E-state index >= 15 is 0 Å². The molecule has 0 radical (unpaired) electrons. The molecule has 0 unspecified atom stereocenters. The van der Waals surface area contributed by atoms with E-state index in [1.165, 1.54) is 6.07 Å². The lowest BCUT2D eigenvalue weighted by Gasteiger charge is -2.08. The van der Waals surface area contributed by atoms with Crippen LogP contribution in [0.25, 0.3) is 5.82 Å². The fourth-order valence-corrected chi connectivity index (χ4v) is 1.48. The van der Waals surface area contributed by atoms with Gasteiger partial charge in [-0.05, 0) is 12.1 Å². The van der Waals surface area contributed by atoms with Gasteiger partial charge < -0.3 is 0 Å². The minimum atomic E-state index is -2.86. The number of rotatable bonds is 2. The van der Waals surface area contributed by atoms with Gasteiger partial charge in [0.25, 0.3) is 6.43 Å². The maximum absolute atomic E-state index is 13.5. The summed E-state index contributed by atoms with van der Waals surface area (Å²) >= 11 is 5.58. The van der Waals surface area contributed by atoms with Crippen molar-refractivity contribution >= 4 is 11.6 Å². The molecule has 0 aliphatic heterocycles. The highest BCUT2D eigenvalue weighted by atomic mass is 35.5. The Morgan fingerprint density at radius 1 is 1.39 bits per heavy atom. The highest BCUT2D eigenvalue weighted by molar-refractivity contribution is 6.29. The van der Waals surface area contributed by atoms with E-state index < -0.39 is 23.8 Å². The zero-order valence-electron chi connectivity index (χ0n) is 8.61. The molecule has 0 aromatic carbocycles. The quantitative estimate of drug-likeness (QED) is 0.790. The van der Waals surface area contributed by atoms with E-state index in [1.54, 1.807) is 6.07 Å². The van der Waals surface area contributed by atoms with Gasteiger partial charge in [-0.3, -0.25) is 0 Å². The normalized spacial score (nSPS) is 10.7.